The summed E-state index contributed by atoms with van der Waals surface area (Å²) in [6.45, 7) is 5.26. The van der Waals surface area contributed by atoms with Crippen LogP contribution in [0.1, 0.15) is 27.2 Å². The molecule has 0 saturated heterocycles. The smallest absolute Gasteiger partial charge is 0.132 e. The van der Waals surface area contributed by atoms with Gasteiger partial charge in [0.1, 0.15) is 5.78 Å². The molecule has 58 valence electrons. The van der Waals surface area contributed by atoms with Crippen molar-refractivity contribution in [1.82, 2.24) is 0 Å². The predicted molar refractivity (Wildman–Crippen MR) is 40.7 cm³/mol. The first kappa shape index (κ1) is 9.37. The van der Waals surface area contributed by atoms with Crippen molar-refractivity contribution in [3.8, 4) is 0 Å². The Balaban J connectivity index is 3.75. The Bertz CT molecular complexity index is 143. The van der Waals surface area contributed by atoms with E-state index in [1.807, 2.05) is 13.8 Å². The van der Waals surface area contributed by atoms with E-state index in [9.17, 15) is 4.79 Å². The van der Waals surface area contributed by atoms with Crippen molar-refractivity contribution in [2.45, 2.75) is 33.3 Å². The Morgan fingerprint density at radius 3 is 2.30 bits per heavy atom. The SMILES string of the molecule is CC(=O)CC(O)C=C(C)C. The second-order valence-corrected chi connectivity index (χ2v) is 2.72. The lowest BCUT2D eigenvalue weighted by Gasteiger charge is -2.01. The Morgan fingerprint density at radius 1 is 1.50 bits per heavy atom. The summed E-state index contributed by atoms with van der Waals surface area (Å²) in [6, 6.07) is 0. The van der Waals surface area contributed by atoms with Crippen molar-refractivity contribution in [2.24, 2.45) is 0 Å². The van der Waals surface area contributed by atoms with Crippen molar-refractivity contribution < 1.29 is 9.90 Å². The molecule has 0 spiro atoms. The van der Waals surface area contributed by atoms with Crippen molar-refractivity contribution in [2.75, 3.05) is 0 Å². The molecule has 1 atom stereocenters. The first-order valence-corrected chi connectivity index (χ1v) is 3.35. The van der Waals surface area contributed by atoms with E-state index in [-0.39, 0.29) is 12.2 Å². The molecule has 0 aliphatic rings. The molecule has 0 amide bonds. The molecule has 0 aromatic heterocycles. The molecule has 1 unspecified atom stereocenters. The molecule has 0 aliphatic carbocycles. The zero-order valence-electron chi connectivity index (χ0n) is 6.72. The molecule has 0 aliphatic heterocycles. The Hall–Kier alpha value is -0.630. The minimum absolute atomic E-state index is 0.0185. The van der Waals surface area contributed by atoms with Crippen LogP contribution in [0.5, 0.6) is 0 Å². The van der Waals surface area contributed by atoms with Gasteiger partial charge in [-0.2, -0.15) is 0 Å². The molecule has 0 aromatic rings. The molecule has 2 heteroatoms. The first-order chi connectivity index (χ1) is 4.52. The van der Waals surface area contributed by atoms with Gasteiger partial charge in [0.2, 0.25) is 0 Å². The average molecular weight is 142 g/mol. The maximum atomic E-state index is 10.4. The van der Waals surface area contributed by atoms with Crippen molar-refractivity contribution in [3.63, 3.8) is 0 Å². The number of carbonyl (C=O) groups excluding carboxylic acids is 1. The van der Waals surface area contributed by atoms with E-state index in [2.05, 4.69) is 0 Å². The summed E-state index contributed by atoms with van der Waals surface area (Å²) in [5.74, 6) is 0.0185. The van der Waals surface area contributed by atoms with Gasteiger partial charge >= 0.3 is 0 Å². The number of hydrogen-bond donors (Lipinski definition) is 1. The van der Waals surface area contributed by atoms with Crippen LogP contribution in [-0.2, 0) is 4.79 Å². The first-order valence-electron chi connectivity index (χ1n) is 3.35. The maximum Gasteiger partial charge on any atom is 0.132 e. The van der Waals surface area contributed by atoms with Gasteiger partial charge in [-0.1, -0.05) is 11.6 Å². The summed E-state index contributed by atoms with van der Waals surface area (Å²) in [7, 11) is 0. The van der Waals surface area contributed by atoms with Gasteiger partial charge in [0.25, 0.3) is 0 Å². The van der Waals surface area contributed by atoms with E-state index < -0.39 is 6.10 Å². The van der Waals surface area contributed by atoms with Crippen LogP contribution in [0.4, 0.5) is 0 Å². The molecular weight excluding hydrogens is 128 g/mol. The predicted octanol–water partition coefficient (Wildman–Crippen LogP) is 1.29. The van der Waals surface area contributed by atoms with Crippen LogP contribution in [0.2, 0.25) is 0 Å². The topological polar surface area (TPSA) is 37.3 Å². The molecule has 0 rings (SSSR count). The fraction of sp³-hybridized carbons (Fsp3) is 0.625. The van der Waals surface area contributed by atoms with E-state index in [1.165, 1.54) is 6.92 Å². The molecular formula is C8H14O2. The number of hydrogen-bond acceptors (Lipinski definition) is 2. The summed E-state index contributed by atoms with van der Waals surface area (Å²) in [5, 5.41) is 9.09. The summed E-state index contributed by atoms with van der Waals surface area (Å²) in [6.07, 6.45) is 1.31. The van der Waals surface area contributed by atoms with Crippen molar-refractivity contribution in [1.29, 1.82) is 0 Å². The summed E-state index contributed by atoms with van der Waals surface area (Å²) >= 11 is 0. The van der Waals surface area contributed by atoms with Crippen LogP contribution >= 0.6 is 0 Å². The van der Waals surface area contributed by atoms with E-state index >= 15 is 0 Å². The third kappa shape index (κ3) is 5.51. The van der Waals surface area contributed by atoms with E-state index in [4.69, 9.17) is 5.11 Å². The van der Waals surface area contributed by atoms with Crippen molar-refractivity contribution >= 4 is 5.78 Å². The highest BCUT2D eigenvalue weighted by Crippen LogP contribution is 1.98. The number of aliphatic hydroxyl groups is 1. The zero-order chi connectivity index (χ0) is 8.15. The number of aliphatic hydroxyl groups excluding tert-OH is 1. The third-order valence-corrected chi connectivity index (χ3v) is 1.02. The minimum Gasteiger partial charge on any atom is -0.389 e. The molecule has 2 nitrogen and oxygen atoms in total. The van der Waals surface area contributed by atoms with E-state index in [0.29, 0.717) is 0 Å². The van der Waals surface area contributed by atoms with Gasteiger partial charge in [-0.25, -0.2) is 0 Å². The number of ketones is 1. The van der Waals surface area contributed by atoms with E-state index in [0.717, 1.165) is 5.57 Å². The van der Waals surface area contributed by atoms with Crippen LogP contribution in [0.15, 0.2) is 11.6 Å². The minimum atomic E-state index is -0.595. The third-order valence-electron chi connectivity index (χ3n) is 1.02. The summed E-state index contributed by atoms with van der Waals surface area (Å²) in [5.41, 5.74) is 1.04. The Kier molecular flexibility index (Phi) is 3.96. The maximum absolute atomic E-state index is 10.4. The quantitative estimate of drug-likeness (QED) is 0.603. The van der Waals surface area contributed by atoms with Gasteiger partial charge in [0, 0.05) is 6.42 Å². The highest BCUT2D eigenvalue weighted by molar-refractivity contribution is 5.76. The molecule has 0 fully saturated rings. The van der Waals surface area contributed by atoms with Crippen LogP contribution in [0, 0.1) is 0 Å². The largest absolute Gasteiger partial charge is 0.389 e. The number of rotatable bonds is 3. The Morgan fingerprint density at radius 2 is 2.00 bits per heavy atom. The van der Waals surface area contributed by atoms with Crippen LogP contribution in [0.3, 0.4) is 0 Å². The monoisotopic (exact) mass is 142 g/mol. The molecule has 0 radical (unpaired) electrons. The normalized spacial score (nSPS) is 12.4. The molecule has 0 saturated carbocycles. The molecule has 10 heavy (non-hydrogen) atoms. The summed E-state index contributed by atoms with van der Waals surface area (Å²) < 4.78 is 0. The van der Waals surface area contributed by atoms with Gasteiger partial charge in [0.15, 0.2) is 0 Å². The highest BCUT2D eigenvalue weighted by atomic mass is 16.3. The van der Waals surface area contributed by atoms with Gasteiger partial charge in [-0.3, -0.25) is 4.79 Å². The lowest BCUT2D eigenvalue weighted by Crippen LogP contribution is -2.07. The van der Waals surface area contributed by atoms with Gasteiger partial charge in [-0.05, 0) is 20.8 Å². The van der Waals surface area contributed by atoms with Gasteiger partial charge in [-0.15, -0.1) is 0 Å². The second-order valence-electron chi connectivity index (χ2n) is 2.72. The lowest BCUT2D eigenvalue weighted by atomic mass is 10.1. The molecule has 0 bridgehead atoms. The number of carbonyl (C=O) groups is 1. The fourth-order valence-electron chi connectivity index (χ4n) is 0.738. The summed E-state index contributed by atoms with van der Waals surface area (Å²) in [4.78, 5) is 10.4. The molecule has 0 aromatic carbocycles. The standard InChI is InChI=1S/C8H14O2/c1-6(2)4-8(10)5-7(3)9/h4,8,10H,5H2,1-3H3. The molecule has 0 heterocycles. The number of allylic oxidation sites excluding steroid dienone is 1. The average Bonchev–Trinajstić information content (AvgIpc) is 1.58. The van der Waals surface area contributed by atoms with Crippen LogP contribution in [-0.4, -0.2) is 17.0 Å². The second kappa shape index (κ2) is 4.23. The Labute approximate surface area is 61.6 Å². The van der Waals surface area contributed by atoms with Crippen LogP contribution < -0.4 is 0 Å². The van der Waals surface area contributed by atoms with Crippen molar-refractivity contribution in [3.05, 3.63) is 11.6 Å². The van der Waals surface area contributed by atoms with E-state index in [1.54, 1.807) is 6.08 Å². The molecule has 1 N–H and O–H groups in total. The van der Waals surface area contributed by atoms with Gasteiger partial charge in [0.05, 0.1) is 6.10 Å². The number of Topliss-reactive ketones (excluding diaryl/α,β-unsaturated/α-hetero) is 1. The lowest BCUT2D eigenvalue weighted by molar-refractivity contribution is -0.118. The zero-order valence-corrected chi connectivity index (χ0v) is 6.72. The van der Waals surface area contributed by atoms with Gasteiger partial charge < -0.3 is 5.11 Å². The fourth-order valence-corrected chi connectivity index (χ4v) is 0.738. The highest BCUT2D eigenvalue weighted by Gasteiger charge is 2.01. The van der Waals surface area contributed by atoms with Crippen LogP contribution in [0.25, 0.3) is 0 Å².